The van der Waals surface area contributed by atoms with Crippen molar-refractivity contribution in [1.82, 2.24) is 15.1 Å². The van der Waals surface area contributed by atoms with Crippen molar-refractivity contribution in [2.45, 2.75) is 39.3 Å². The van der Waals surface area contributed by atoms with Crippen LogP contribution in [-0.4, -0.2) is 28.3 Å². The van der Waals surface area contributed by atoms with E-state index in [2.05, 4.69) is 17.3 Å². The first-order valence-corrected chi connectivity index (χ1v) is 6.16. The lowest BCUT2D eigenvalue weighted by atomic mass is 10.2. The van der Waals surface area contributed by atoms with Gasteiger partial charge in [-0.15, -0.1) is 0 Å². The molecule has 0 aromatic carbocycles. The van der Waals surface area contributed by atoms with Crippen LogP contribution < -0.4 is 11.1 Å². The van der Waals surface area contributed by atoms with Gasteiger partial charge in [-0.25, -0.2) is 0 Å². The van der Waals surface area contributed by atoms with Crippen molar-refractivity contribution < 1.29 is 4.79 Å². The average Bonchev–Trinajstić information content (AvgIpc) is 2.85. The number of nitrogens with one attached hydrogen (secondary N) is 1. The van der Waals surface area contributed by atoms with Crippen LogP contribution in [0.3, 0.4) is 0 Å². The van der Waals surface area contributed by atoms with Gasteiger partial charge in [0.2, 0.25) is 0 Å². The van der Waals surface area contributed by atoms with Gasteiger partial charge in [-0.2, -0.15) is 5.10 Å². The molecule has 1 aromatic rings. The molecule has 94 valence electrons. The van der Waals surface area contributed by atoms with Crippen LogP contribution in [0.5, 0.6) is 0 Å². The molecule has 3 N–H and O–H groups in total. The van der Waals surface area contributed by atoms with E-state index in [0.29, 0.717) is 24.1 Å². The minimum Gasteiger partial charge on any atom is -0.349 e. The summed E-state index contributed by atoms with van der Waals surface area (Å²) < 4.78 is 1.85. The maximum absolute atomic E-state index is 12.0. The summed E-state index contributed by atoms with van der Waals surface area (Å²) in [5, 5.41) is 7.23. The van der Waals surface area contributed by atoms with E-state index in [1.54, 1.807) is 6.20 Å². The second-order valence-corrected chi connectivity index (χ2v) is 4.80. The fourth-order valence-corrected chi connectivity index (χ4v) is 1.91. The van der Waals surface area contributed by atoms with Gasteiger partial charge in [-0.05, 0) is 32.2 Å². The van der Waals surface area contributed by atoms with E-state index in [0.717, 1.165) is 25.1 Å². The third-order valence-corrected chi connectivity index (χ3v) is 3.35. The number of rotatable bonds is 5. The van der Waals surface area contributed by atoms with Crippen LogP contribution >= 0.6 is 0 Å². The predicted octanol–water partition coefficient (Wildman–Crippen LogP) is 0.679. The highest BCUT2D eigenvalue weighted by molar-refractivity contribution is 5.95. The van der Waals surface area contributed by atoms with Crippen molar-refractivity contribution >= 4 is 5.91 Å². The first-order chi connectivity index (χ1) is 8.13. The average molecular weight is 236 g/mol. The fourth-order valence-electron chi connectivity index (χ4n) is 1.91. The third kappa shape index (κ3) is 2.66. The topological polar surface area (TPSA) is 72.9 Å². The zero-order valence-electron chi connectivity index (χ0n) is 10.4. The summed E-state index contributed by atoms with van der Waals surface area (Å²) in [6.45, 7) is 5.48. The number of hydrogen-bond acceptors (Lipinski definition) is 3. The lowest BCUT2D eigenvalue weighted by Crippen LogP contribution is -2.27. The molecule has 0 bridgehead atoms. The summed E-state index contributed by atoms with van der Waals surface area (Å²) in [5.41, 5.74) is 7.06. The van der Waals surface area contributed by atoms with Crippen LogP contribution in [-0.2, 0) is 6.54 Å². The maximum atomic E-state index is 12.0. The maximum Gasteiger partial charge on any atom is 0.254 e. The monoisotopic (exact) mass is 236 g/mol. The van der Waals surface area contributed by atoms with E-state index in [9.17, 15) is 4.79 Å². The molecular weight excluding hydrogens is 216 g/mol. The van der Waals surface area contributed by atoms with Gasteiger partial charge in [-0.1, -0.05) is 6.92 Å². The smallest absolute Gasteiger partial charge is 0.254 e. The molecular formula is C12H20N4O. The Morgan fingerprint density at radius 3 is 3.00 bits per heavy atom. The molecule has 1 amide bonds. The van der Waals surface area contributed by atoms with E-state index >= 15 is 0 Å². The lowest BCUT2D eigenvalue weighted by molar-refractivity contribution is 0.0948. The normalized spacial score (nSPS) is 22.5. The molecule has 0 spiro atoms. The molecule has 1 aliphatic rings. The van der Waals surface area contributed by atoms with Gasteiger partial charge in [0.05, 0.1) is 11.8 Å². The summed E-state index contributed by atoms with van der Waals surface area (Å²) in [7, 11) is 0. The summed E-state index contributed by atoms with van der Waals surface area (Å²) in [4.78, 5) is 12.0. The van der Waals surface area contributed by atoms with Gasteiger partial charge in [0, 0.05) is 18.3 Å². The van der Waals surface area contributed by atoms with Gasteiger partial charge in [0.25, 0.3) is 5.91 Å². The van der Waals surface area contributed by atoms with E-state index in [1.165, 1.54) is 0 Å². The van der Waals surface area contributed by atoms with Crippen molar-refractivity contribution in [2.75, 3.05) is 6.54 Å². The minimum atomic E-state index is -0.00384. The van der Waals surface area contributed by atoms with Gasteiger partial charge in [0.15, 0.2) is 0 Å². The molecule has 0 saturated heterocycles. The molecule has 0 radical (unpaired) electrons. The summed E-state index contributed by atoms with van der Waals surface area (Å²) in [5.74, 6) is 0.613. The Bertz CT molecular complexity index is 413. The van der Waals surface area contributed by atoms with Crippen LogP contribution in [0.25, 0.3) is 0 Å². The number of aryl methyl sites for hydroxylation is 1. The first kappa shape index (κ1) is 12.1. The molecule has 5 heteroatoms. The Hall–Kier alpha value is -1.36. The molecule has 2 rings (SSSR count). The second-order valence-electron chi connectivity index (χ2n) is 4.80. The van der Waals surface area contributed by atoms with Crippen LogP contribution in [0.4, 0.5) is 0 Å². The Kier molecular flexibility index (Phi) is 3.47. The molecule has 2 atom stereocenters. The molecule has 5 nitrogen and oxygen atoms in total. The Balaban J connectivity index is 2.00. The van der Waals surface area contributed by atoms with Crippen molar-refractivity contribution in [3.8, 4) is 0 Å². The van der Waals surface area contributed by atoms with Gasteiger partial charge in [0.1, 0.15) is 0 Å². The largest absolute Gasteiger partial charge is 0.349 e. The number of carbonyl (C=O) groups excluding carboxylic acids is 1. The number of amides is 1. The SMILES string of the molecule is Cc1c(C(=O)NC2CC2C)cnn1CCCN. The molecule has 1 aliphatic carbocycles. The van der Waals surface area contributed by atoms with Crippen LogP contribution in [0.15, 0.2) is 6.20 Å². The molecule has 0 aliphatic heterocycles. The van der Waals surface area contributed by atoms with Gasteiger partial charge in [-0.3, -0.25) is 9.48 Å². The Morgan fingerprint density at radius 1 is 1.71 bits per heavy atom. The molecule has 1 fully saturated rings. The quantitative estimate of drug-likeness (QED) is 0.789. The van der Waals surface area contributed by atoms with E-state index in [1.807, 2.05) is 11.6 Å². The molecule has 1 heterocycles. The summed E-state index contributed by atoms with van der Waals surface area (Å²) in [6, 6.07) is 0.356. The lowest BCUT2D eigenvalue weighted by Gasteiger charge is -2.05. The van der Waals surface area contributed by atoms with Gasteiger partial charge < -0.3 is 11.1 Å². The zero-order chi connectivity index (χ0) is 12.4. The standard InChI is InChI=1S/C12H20N4O/c1-8-6-11(8)15-12(17)10-7-14-16(9(10)2)5-3-4-13/h7-8,11H,3-6,13H2,1-2H3,(H,15,17). The van der Waals surface area contributed by atoms with Crippen molar-refractivity contribution in [3.05, 3.63) is 17.5 Å². The van der Waals surface area contributed by atoms with E-state index in [-0.39, 0.29) is 5.91 Å². The molecule has 2 unspecified atom stereocenters. The highest BCUT2D eigenvalue weighted by Crippen LogP contribution is 2.29. The number of nitrogens with two attached hydrogens (primary N) is 1. The Labute approximate surface area is 101 Å². The third-order valence-electron chi connectivity index (χ3n) is 3.35. The van der Waals surface area contributed by atoms with Gasteiger partial charge >= 0.3 is 0 Å². The van der Waals surface area contributed by atoms with E-state index in [4.69, 9.17) is 5.73 Å². The number of nitrogens with zero attached hydrogens (tertiary/aromatic N) is 2. The van der Waals surface area contributed by atoms with Crippen LogP contribution in [0, 0.1) is 12.8 Å². The van der Waals surface area contributed by atoms with Crippen LogP contribution in [0.1, 0.15) is 35.8 Å². The first-order valence-electron chi connectivity index (χ1n) is 6.16. The number of carbonyl (C=O) groups is 1. The molecule has 1 aromatic heterocycles. The fraction of sp³-hybridized carbons (Fsp3) is 0.667. The Morgan fingerprint density at radius 2 is 2.41 bits per heavy atom. The summed E-state index contributed by atoms with van der Waals surface area (Å²) >= 11 is 0. The molecule has 17 heavy (non-hydrogen) atoms. The molecule has 1 saturated carbocycles. The van der Waals surface area contributed by atoms with Crippen LogP contribution in [0.2, 0.25) is 0 Å². The van der Waals surface area contributed by atoms with E-state index < -0.39 is 0 Å². The highest BCUT2D eigenvalue weighted by atomic mass is 16.1. The minimum absolute atomic E-state index is 0.00384. The second kappa shape index (κ2) is 4.87. The van der Waals surface area contributed by atoms with Crippen molar-refractivity contribution in [1.29, 1.82) is 0 Å². The summed E-state index contributed by atoms with van der Waals surface area (Å²) in [6.07, 6.45) is 3.61. The predicted molar refractivity (Wildman–Crippen MR) is 65.7 cm³/mol. The highest BCUT2D eigenvalue weighted by Gasteiger charge is 2.34. The number of aromatic nitrogens is 2. The zero-order valence-corrected chi connectivity index (χ0v) is 10.4. The van der Waals surface area contributed by atoms with Crippen molar-refractivity contribution in [2.24, 2.45) is 11.7 Å². The number of hydrogen-bond donors (Lipinski definition) is 2. The van der Waals surface area contributed by atoms with Crippen molar-refractivity contribution in [3.63, 3.8) is 0 Å².